The number of anilines is 1. The molecule has 2 fully saturated rings. The van der Waals surface area contributed by atoms with Gasteiger partial charge in [-0.05, 0) is 61.2 Å². The summed E-state index contributed by atoms with van der Waals surface area (Å²) in [4.78, 5) is 33.1. The van der Waals surface area contributed by atoms with E-state index in [2.05, 4.69) is 4.98 Å². The third kappa shape index (κ3) is 6.92. The average molecular weight is 662 g/mol. The first kappa shape index (κ1) is 32.4. The van der Waals surface area contributed by atoms with E-state index < -0.39 is 32.9 Å². The zero-order valence-corrected chi connectivity index (χ0v) is 26.4. The van der Waals surface area contributed by atoms with Crippen molar-refractivity contribution >= 4 is 21.6 Å². The van der Waals surface area contributed by atoms with Gasteiger partial charge in [-0.1, -0.05) is 48.5 Å². The van der Waals surface area contributed by atoms with Crippen LogP contribution in [0.15, 0.2) is 101 Å². The number of rotatable bonds is 8. The Morgan fingerprint density at radius 1 is 0.979 bits per heavy atom. The van der Waals surface area contributed by atoms with Gasteiger partial charge in [0.15, 0.2) is 5.69 Å². The maximum Gasteiger partial charge on any atom is 0.280 e. The monoisotopic (exact) mass is 661 g/mol. The van der Waals surface area contributed by atoms with Crippen LogP contribution in [-0.4, -0.2) is 70.0 Å². The maximum atomic E-state index is 14.0. The van der Waals surface area contributed by atoms with Crippen molar-refractivity contribution in [2.24, 2.45) is 5.92 Å². The lowest BCUT2D eigenvalue weighted by atomic mass is 9.80. The topological polar surface area (TPSA) is 148 Å². The lowest BCUT2D eigenvalue weighted by Crippen LogP contribution is -2.53. The molecule has 1 aromatic heterocycles. The number of nitrogens with two attached hydrogens (primary N) is 1. The fraction of sp³-hybridized carbons (Fsp3) is 0.324. The summed E-state index contributed by atoms with van der Waals surface area (Å²) < 4.78 is 48.4. The standard InChI is InChI=1S/C34H36FN5O6S/c35-25-11-13-26(14-12-25)46-31-30(36)33(42)39(23-37-31)22-34(43)16-19-38(20-17-34)32(41)28-15-18-40(21-29(28)24-7-3-1-4-8-24)47(44,45)27-9-5-2-6-10-27/h1-14,23,28-29,43H,15-22,36H2/t28-,29+/m1/s1. The number of hydrogen-bond acceptors (Lipinski definition) is 8. The first-order valence-corrected chi connectivity index (χ1v) is 16.9. The van der Waals surface area contributed by atoms with Crippen molar-refractivity contribution < 1.29 is 27.4 Å². The van der Waals surface area contributed by atoms with E-state index in [1.54, 1.807) is 35.2 Å². The number of nitrogen functional groups attached to an aromatic ring is 1. The van der Waals surface area contributed by atoms with Crippen LogP contribution in [-0.2, 0) is 21.4 Å². The second-order valence-corrected chi connectivity index (χ2v) is 14.0. The van der Waals surface area contributed by atoms with Gasteiger partial charge in [-0.25, -0.2) is 17.8 Å². The first-order valence-electron chi connectivity index (χ1n) is 15.4. The molecule has 6 rings (SSSR count). The van der Waals surface area contributed by atoms with E-state index in [0.29, 0.717) is 6.42 Å². The number of amides is 1. The Balaban J connectivity index is 1.13. The highest BCUT2D eigenvalue weighted by Crippen LogP contribution is 2.37. The van der Waals surface area contributed by atoms with Crippen LogP contribution in [0.3, 0.4) is 0 Å². The van der Waals surface area contributed by atoms with Gasteiger partial charge in [0, 0.05) is 38.0 Å². The Morgan fingerprint density at radius 3 is 2.28 bits per heavy atom. The van der Waals surface area contributed by atoms with E-state index in [-0.39, 0.29) is 79.6 Å². The fourth-order valence-corrected chi connectivity index (χ4v) is 7.87. The highest BCUT2D eigenvalue weighted by Gasteiger charge is 2.43. The molecular weight excluding hydrogens is 625 g/mol. The van der Waals surface area contributed by atoms with Crippen LogP contribution in [0.4, 0.5) is 10.1 Å². The Labute approximate surface area is 272 Å². The Morgan fingerprint density at radius 2 is 1.62 bits per heavy atom. The number of ether oxygens (including phenoxy) is 1. The number of carbonyl (C=O) groups is 1. The number of carbonyl (C=O) groups excluding carboxylic acids is 1. The predicted octanol–water partition coefficient (Wildman–Crippen LogP) is 3.61. The molecule has 1 amide bonds. The van der Waals surface area contributed by atoms with Gasteiger partial charge in [-0.3, -0.25) is 14.2 Å². The second kappa shape index (κ2) is 13.3. The van der Waals surface area contributed by atoms with Crippen LogP contribution >= 0.6 is 0 Å². The molecule has 47 heavy (non-hydrogen) atoms. The van der Waals surface area contributed by atoms with Crippen molar-refractivity contribution in [2.45, 2.75) is 42.2 Å². The maximum absolute atomic E-state index is 14.0. The van der Waals surface area contributed by atoms with E-state index in [4.69, 9.17) is 10.5 Å². The quantitative estimate of drug-likeness (QED) is 0.291. The molecule has 2 aliphatic rings. The Kier molecular flexibility index (Phi) is 9.13. The van der Waals surface area contributed by atoms with Crippen molar-refractivity contribution in [3.05, 3.63) is 113 Å². The van der Waals surface area contributed by atoms with Crippen molar-refractivity contribution in [1.29, 1.82) is 0 Å². The molecule has 0 unspecified atom stereocenters. The molecule has 13 heteroatoms. The third-order valence-electron chi connectivity index (χ3n) is 9.04. The van der Waals surface area contributed by atoms with Crippen molar-refractivity contribution in [2.75, 3.05) is 31.9 Å². The summed E-state index contributed by atoms with van der Waals surface area (Å²) in [6.07, 6.45) is 2.04. The first-order chi connectivity index (χ1) is 22.5. The minimum absolute atomic E-state index is 0.0791. The second-order valence-electron chi connectivity index (χ2n) is 12.1. The van der Waals surface area contributed by atoms with Gasteiger partial charge in [-0.15, -0.1) is 0 Å². The van der Waals surface area contributed by atoms with E-state index in [1.165, 1.54) is 39.5 Å². The summed E-state index contributed by atoms with van der Waals surface area (Å²) in [5, 5.41) is 11.4. The molecule has 0 bridgehead atoms. The van der Waals surface area contributed by atoms with Gasteiger partial charge in [0.25, 0.3) is 5.56 Å². The van der Waals surface area contributed by atoms with Crippen LogP contribution in [0.5, 0.6) is 11.6 Å². The average Bonchev–Trinajstić information content (AvgIpc) is 3.09. The van der Waals surface area contributed by atoms with Gasteiger partial charge in [-0.2, -0.15) is 4.31 Å². The SMILES string of the molecule is Nc1c(Oc2ccc(F)cc2)ncn(CC2(O)CCN(C(=O)[C@@H]3CCN(S(=O)(=O)c4ccccc4)C[C@H]3c3ccccc3)CC2)c1=O. The van der Waals surface area contributed by atoms with Gasteiger partial charge in [0.05, 0.1) is 17.0 Å². The molecule has 0 saturated carbocycles. The minimum Gasteiger partial charge on any atom is -0.437 e. The van der Waals surface area contributed by atoms with Gasteiger partial charge in [0.2, 0.25) is 21.8 Å². The van der Waals surface area contributed by atoms with E-state index in [9.17, 15) is 27.5 Å². The van der Waals surface area contributed by atoms with Crippen LogP contribution in [0.25, 0.3) is 0 Å². The predicted molar refractivity (Wildman–Crippen MR) is 173 cm³/mol. The third-order valence-corrected chi connectivity index (χ3v) is 10.9. The smallest absolute Gasteiger partial charge is 0.280 e. The Bertz CT molecular complexity index is 1880. The van der Waals surface area contributed by atoms with E-state index >= 15 is 0 Å². The summed E-state index contributed by atoms with van der Waals surface area (Å²) in [5.74, 6) is -1.17. The van der Waals surface area contributed by atoms with Gasteiger partial charge in [0.1, 0.15) is 17.9 Å². The van der Waals surface area contributed by atoms with Crippen LogP contribution in [0.1, 0.15) is 30.7 Å². The molecule has 0 aliphatic carbocycles. The molecule has 3 heterocycles. The van der Waals surface area contributed by atoms with E-state index in [1.807, 2.05) is 30.3 Å². The highest BCUT2D eigenvalue weighted by atomic mass is 32.2. The van der Waals surface area contributed by atoms with Gasteiger partial charge < -0.3 is 20.5 Å². The molecule has 11 nitrogen and oxygen atoms in total. The number of hydrogen-bond donors (Lipinski definition) is 2. The number of nitrogens with zero attached hydrogens (tertiary/aromatic N) is 4. The molecule has 2 saturated heterocycles. The number of likely N-dealkylation sites (tertiary alicyclic amines) is 1. The molecule has 2 aliphatic heterocycles. The van der Waals surface area contributed by atoms with Crippen LogP contribution in [0.2, 0.25) is 0 Å². The summed E-state index contributed by atoms with van der Waals surface area (Å²) in [6, 6.07) is 23.0. The van der Waals surface area contributed by atoms with Crippen molar-refractivity contribution in [3.63, 3.8) is 0 Å². The normalized spacial score (nSPS) is 20.1. The zero-order valence-electron chi connectivity index (χ0n) is 25.6. The summed E-state index contributed by atoms with van der Waals surface area (Å²) in [5.41, 5.74) is 4.77. The molecule has 3 aromatic carbocycles. The molecule has 2 atom stereocenters. The lowest BCUT2D eigenvalue weighted by Gasteiger charge is -2.43. The van der Waals surface area contributed by atoms with Crippen LogP contribution < -0.4 is 16.0 Å². The summed E-state index contributed by atoms with van der Waals surface area (Å²) >= 11 is 0. The number of halogens is 1. The molecule has 0 radical (unpaired) electrons. The molecule has 0 spiro atoms. The Hall–Kier alpha value is -4.59. The molecule has 246 valence electrons. The summed E-state index contributed by atoms with van der Waals surface area (Å²) in [7, 11) is -3.74. The van der Waals surface area contributed by atoms with Crippen LogP contribution in [0, 0.1) is 11.7 Å². The molecule has 4 aromatic rings. The van der Waals surface area contributed by atoms with Crippen molar-refractivity contribution in [1.82, 2.24) is 18.8 Å². The number of aromatic nitrogens is 2. The highest BCUT2D eigenvalue weighted by molar-refractivity contribution is 7.89. The number of aliphatic hydroxyl groups is 1. The van der Waals surface area contributed by atoms with E-state index in [0.717, 1.165) is 5.56 Å². The van der Waals surface area contributed by atoms with Crippen molar-refractivity contribution in [3.8, 4) is 11.6 Å². The molecule has 3 N–H and O–H groups in total. The largest absolute Gasteiger partial charge is 0.437 e. The lowest BCUT2D eigenvalue weighted by molar-refractivity contribution is -0.142. The number of piperidine rings is 2. The minimum atomic E-state index is -3.74. The van der Waals surface area contributed by atoms with Gasteiger partial charge >= 0.3 is 0 Å². The fourth-order valence-electron chi connectivity index (χ4n) is 6.37. The number of sulfonamides is 1. The molecular formula is C34H36FN5O6S. The summed E-state index contributed by atoms with van der Waals surface area (Å²) in [6.45, 7) is 0.844. The zero-order chi connectivity index (χ0) is 33.2. The number of benzene rings is 3.